The van der Waals surface area contributed by atoms with Crippen LogP contribution >= 0.6 is 0 Å². The first-order valence-corrected chi connectivity index (χ1v) is 5.84. The molecule has 2 N–H and O–H groups in total. The Morgan fingerprint density at radius 3 is 2.75 bits per heavy atom. The summed E-state index contributed by atoms with van der Waals surface area (Å²) in [7, 11) is 0. The number of hydrogen-bond acceptors (Lipinski definition) is 2. The second-order valence-electron chi connectivity index (χ2n) is 4.31. The first-order chi connectivity index (χ1) is 7.81. The maximum Gasteiger partial charge on any atom is 0.226 e. The van der Waals surface area contributed by atoms with Crippen molar-refractivity contribution in [2.45, 2.75) is 19.4 Å². The van der Waals surface area contributed by atoms with Crippen molar-refractivity contribution in [2.24, 2.45) is 11.7 Å². The van der Waals surface area contributed by atoms with Crippen molar-refractivity contribution in [1.82, 2.24) is 4.90 Å². The van der Waals surface area contributed by atoms with E-state index in [2.05, 4.69) is 12.1 Å². The third kappa shape index (κ3) is 2.42. The van der Waals surface area contributed by atoms with Crippen LogP contribution in [0.5, 0.6) is 0 Å². The Labute approximate surface area is 96.2 Å². The number of amides is 1. The smallest absolute Gasteiger partial charge is 0.226 e. The third-order valence-electron chi connectivity index (χ3n) is 3.14. The lowest BCUT2D eigenvalue weighted by atomic mass is 10.0. The number of carbonyl (C=O) groups is 1. The van der Waals surface area contributed by atoms with Crippen molar-refractivity contribution in [1.29, 1.82) is 0 Å². The molecule has 0 spiro atoms. The first-order valence-electron chi connectivity index (χ1n) is 5.84. The molecule has 1 saturated heterocycles. The first kappa shape index (κ1) is 11.1. The van der Waals surface area contributed by atoms with Gasteiger partial charge in [-0.1, -0.05) is 30.3 Å². The molecule has 0 unspecified atom stereocenters. The number of benzene rings is 1. The summed E-state index contributed by atoms with van der Waals surface area (Å²) in [5, 5.41) is 0. The molecule has 0 radical (unpaired) electrons. The largest absolute Gasteiger partial charge is 0.338 e. The molecule has 1 amide bonds. The SMILES string of the molecule is NCC[C@H]1CCN(Cc2ccccc2)C1=O. The average Bonchev–Trinajstić information content (AvgIpc) is 2.64. The van der Waals surface area contributed by atoms with Gasteiger partial charge >= 0.3 is 0 Å². The van der Waals surface area contributed by atoms with Crippen molar-refractivity contribution in [3.05, 3.63) is 35.9 Å². The normalized spacial score (nSPS) is 20.4. The van der Waals surface area contributed by atoms with Gasteiger partial charge in [0.15, 0.2) is 0 Å². The summed E-state index contributed by atoms with van der Waals surface area (Å²) < 4.78 is 0. The van der Waals surface area contributed by atoms with E-state index in [1.54, 1.807) is 0 Å². The van der Waals surface area contributed by atoms with Gasteiger partial charge < -0.3 is 10.6 Å². The minimum Gasteiger partial charge on any atom is -0.338 e. The molecule has 0 aliphatic carbocycles. The van der Waals surface area contributed by atoms with Crippen LogP contribution in [0.25, 0.3) is 0 Å². The molecule has 1 aliphatic rings. The van der Waals surface area contributed by atoms with Gasteiger partial charge in [-0.2, -0.15) is 0 Å². The van der Waals surface area contributed by atoms with Crippen LogP contribution in [-0.4, -0.2) is 23.9 Å². The zero-order valence-corrected chi connectivity index (χ0v) is 9.43. The summed E-state index contributed by atoms with van der Waals surface area (Å²) in [4.78, 5) is 13.9. The van der Waals surface area contributed by atoms with Crippen LogP contribution in [0.1, 0.15) is 18.4 Å². The zero-order valence-electron chi connectivity index (χ0n) is 9.43. The van der Waals surface area contributed by atoms with Crippen molar-refractivity contribution < 1.29 is 4.79 Å². The molecular weight excluding hydrogens is 200 g/mol. The quantitative estimate of drug-likeness (QED) is 0.830. The van der Waals surface area contributed by atoms with Crippen LogP contribution < -0.4 is 5.73 Å². The van der Waals surface area contributed by atoms with Gasteiger partial charge in [0.05, 0.1) is 0 Å². The zero-order chi connectivity index (χ0) is 11.4. The fraction of sp³-hybridized carbons (Fsp3) is 0.462. The van der Waals surface area contributed by atoms with Crippen LogP contribution in [0.4, 0.5) is 0 Å². The topological polar surface area (TPSA) is 46.3 Å². The van der Waals surface area contributed by atoms with Gasteiger partial charge in [-0.15, -0.1) is 0 Å². The minimum absolute atomic E-state index is 0.161. The van der Waals surface area contributed by atoms with Gasteiger partial charge in [0.25, 0.3) is 0 Å². The Morgan fingerprint density at radius 2 is 2.06 bits per heavy atom. The third-order valence-corrected chi connectivity index (χ3v) is 3.14. The minimum atomic E-state index is 0.161. The number of hydrogen-bond donors (Lipinski definition) is 1. The number of likely N-dealkylation sites (tertiary alicyclic amines) is 1. The Kier molecular flexibility index (Phi) is 3.57. The molecular formula is C13H18N2O. The van der Waals surface area contributed by atoms with E-state index < -0.39 is 0 Å². The highest BCUT2D eigenvalue weighted by molar-refractivity contribution is 5.80. The summed E-state index contributed by atoms with van der Waals surface area (Å²) >= 11 is 0. The van der Waals surface area contributed by atoms with E-state index in [4.69, 9.17) is 5.73 Å². The summed E-state index contributed by atoms with van der Waals surface area (Å²) in [5.74, 6) is 0.433. The number of rotatable bonds is 4. The van der Waals surface area contributed by atoms with Crippen molar-refractivity contribution >= 4 is 5.91 Å². The van der Waals surface area contributed by atoms with Crippen molar-refractivity contribution in [3.63, 3.8) is 0 Å². The Bertz CT molecular complexity index is 350. The molecule has 2 rings (SSSR count). The van der Waals surface area contributed by atoms with E-state index in [0.29, 0.717) is 6.54 Å². The molecule has 1 aromatic carbocycles. The molecule has 1 aliphatic heterocycles. The highest BCUT2D eigenvalue weighted by Crippen LogP contribution is 2.22. The lowest BCUT2D eigenvalue weighted by Gasteiger charge is -2.16. The van der Waals surface area contributed by atoms with Crippen molar-refractivity contribution in [2.75, 3.05) is 13.1 Å². The lowest BCUT2D eigenvalue weighted by Crippen LogP contribution is -2.27. The van der Waals surface area contributed by atoms with E-state index >= 15 is 0 Å². The van der Waals surface area contributed by atoms with E-state index in [1.165, 1.54) is 5.56 Å². The highest BCUT2D eigenvalue weighted by atomic mass is 16.2. The number of nitrogens with zero attached hydrogens (tertiary/aromatic N) is 1. The van der Waals surface area contributed by atoms with E-state index in [0.717, 1.165) is 25.9 Å². The summed E-state index contributed by atoms with van der Waals surface area (Å²) in [6.07, 6.45) is 1.78. The predicted octanol–water partition coefficient (Wildman–Crippen LogP) is 1.38. The average molecular weight is 218 g/mol. The molecule has 1 aromatic rings. The predicted molar refractivity (Wildman–Crippen MR) is 63.6 cm³/mol. The molecule has 3 heteroatoms. The van der Waals surface area contributed by atoms with Crippen LogP contribution in [0.3, 0.4) is 0 Å². The van der Waals surface area contributed by atoms with Gasteiger partial charge in [-0.25, -0.2) is 0 Å². The van der Waals surface area contributed by atoms with Gasteiger partial charge in [0.2, 0.25) is 5.91 Å². The van der Waals surface area contributed by atoms with Crippen LogP contribution in [0, 0.1) is 5.92 Å². The van der Waals surface area contributed by atoms with Crippen LogP contribution in [0.15, 0.2) is 30.3 Å². The van der Waals surface area contributed by atoms with E-state index in [1.807, 2.05) is 23.1 Å². The fourth-order valence-corrected chi connectivity index (χ4v) is 2.23. The Hall–Kier alpha value is -1.35. The molecule has 0 bridgehead atoms. The molecule has 16 heavy (non-hydrogen) atoms. The lowest BCUT2D eigenvalue weighted by molar-refractivity contribution is -0.131. The summed E-state index contributed by atoms with van der Waals surface area (Å²) in [6.45, 7) is 2.22. The fourth-order valence-electron chi connectivity index (χ4n) is 2.23. The molecule has 1 fully saturated rings. The van der Waals surface area contributed by atoms with Gasteiger partial charge in [-0.05, 0) is 24.9 Å². The molecule has 0 aromatic heterocycles. The molecule has 1 atom stereocenters. The summed E-state index contributed by atoms with van der Waals surface area (Å²) in [6, 6.07) is 10.1. The van der Waals surface area contributed by atoms with Gasteiger partial charge in [0, 0.05) is 19.0 Å². The molecule has 0 saturated carbocycles. The Morgan fingerprint density at radius 1 is 1.31 bits per heavy atom. The standard InChI is InChI=1S/C13H18N2O/c14-8-6-12-7-9-15(13(12)16)10-11-4-2-1-3-5-11/h1-5,12H,6-10,14H2/t12-/m0/s1. The second-order valence-corrected chi connectivity index (χ2v) is 4.31. The molecule has 3 nitrogen and oxygen atoms in total. The second kappa shape index (κ2) is 5.12. The van der Waals surface area contributed by atoms with Crippen LogP contribution in [-0.2, 0) is 11.3 Å². The van der Waals surface area contributed by atoms with E-state index in [-0.39, 0.29) is 11.8 Å². The number of nitrogens with two attached hydrogens (primary N) is 1. The van der Waals surface area contributed by atoms with Gasteiger partial charge in [0.1, 0.15) is 0 Å². The highest BCUT2D eigenvalue weighted by Gasteiger charge is 2.30. The monoisotopic (exact) mass is 218 g/mol. The summed E-state index contributed by atoms with van der Waals surface area (Å²) in [5.41, 5.74) is 6.70. The molecule has 1 heterocycles. The Balaban J connectivity index is 1.95. The van der Waals surface area contributed by atoms with E-state index in [9.17, 15) is 4.79 Å². The van der Waals surface area contributed by atoms with Crippen molar-refractivity contribution in [3.8, 4) is 0 Å². The molecule has 86 valence electrons. The maximum absolute atomic E-state index is 12.0. The van der Waals surface area contributed by atoms with Gasteiger partial charge in [-0.3, -0.25) is 4.79 Å². The maximum atomic E-state index is 12.0. The number of carbonyl (C=O) groups excluding carboxylic acids is 1. The van der Waals surface area contributed by atoms with Crippen LogP contribution in [0.2, 0.25) is 0 Å².